The molecule has 1 aromatic heterocycles. The number of rotatable bonds is 2. The number of hydrogen-bond acceptors (Lipinski definition) is 5. The van der Waals surface area contributed by atoms with Crippen molar-refractivity contribution in [3.8, 4) is 11.3 Å². The Kier molecular flexibility index (Phi) is 2.19. The van der Waals surface area contributed by atoms with Gasteiger partial charge in [0.2, 0.25) is 0 Å². The lowest BCUT2D eigenvalue weighted by molar-refractivity contribution is -0.384. The smallest absolute Gasteiger partial charge is 0.258 e. The standard InChI is InChI=1S/C8H5N3O2S/c12-11(13)8-4-2-1-3-6(8)7-5-14-10-9-7/h1-5H. The van der Waals surface area contributed by atoms with Gasteiger partial charge in [-0.05, 0) is 17.6 Å². The molecule has 0 fully saturated rings. The molecule has 0 saturated carbocycles. The van der Waals surface area contributed by atoms with E-state index >= 15 is 0 Å². The van der Waals surface area contributed by atoms with Crippen LogP contribution in [-0.4, -0.2) is 14.5 Å². The molecule has 0 aliphatic rings. The van der Waals surface area contributed by atoms with Crippen molar-refractivity contribution in [2.24, 2.45) is 0 Å². The molecule has 0 aliphatic heterocycles. The minimum atomic E-state index is -0.422. The van der Waals surface area contributed by atoms with Gasteiger partial charge in [0.1, 0.15) is 5.69 Å². The summed E-state index contributed by atoms with van der Waals surface area (Å²) in [5.41, 5.74) is 1.11. The van der Waals surface area contributed by atoms with Gasteiger partial charge in [-0.1, -0.05) is 16.6 Å². The van der Waals surface area contributed by atoms with Gasteiger partial charge in [-0.25, -0.2) is 0 Å². The molecule has 5 nitrogen and oxygen atoms in total. The Balaban J connectivity index is 2.58. The molecule has 0 unspecified atom stereocenters. The van der Waals surface area contributed by atoms with Crippen molar-refractivity contribution in [3.63, 3.8) is 0 Å². The lowest BCUT2D eigenvalue weighted by Gasteiger charge is -1.96. The van der Waals surface area contributed by atoms with E-state index in [2.05, 4.69) is 9.59 Å². The first-order valence-corrected chi connectivity index (χ1v) is 4.63. The van der Waals surface area contributed by atoms with E-state index in [1.807, 2.05) is 0 Å². The van der Waals surface area contributed by atoms with E-state index in [9.17, 15) is 10.1 Å². The molecule has 0 N–H and O–H groups in total. The normalized spacial score (nSPS) is 10.0. The minimum Gasteiger partial charge on any atom is -0.258 e. The van der Waals surface area contributed by atoms with Crippen LogP contribution in [0.15, 0.2) is 29.6 Å². The average Bonchev–Trinajstić information content (AvgIpc) is 2.70. The van der Waals surface area contributed by atoms with Gasteiger partial charge in [0.25, 0.3) is 5.69 Å². The monoisotopic (exact) mass is 207 g/mol. The summed E-state index contributed by atoms with van der Waals surface area (Å²) in [4.78, 5) is 10.3. The molecule has 2 rings (SSSR count). The van der Waals surface area contributed by atoms with Gasteiger partial charge in [-0.15, -0.1) is 5.10 Å². The molecule has 0 atom stereocenters. The van der Waals surface area contributed by atoms with Gasteiger partial charge in [-0.3, -0.25) is 10.1 Å². The van der Waals surface area contributed by atoms with Crippen LogP contribution in [0.1, 0.15) is 0 Å². The highest BCUT2D eigenvalue weighted by atomic mass is 32.1. The van der Waals surface area contributed by atoms with Gasteiger partial charge >= 0.3 is 0 Å². The fourth-order valence-corrected chi connectivity index (χ4v) is 1.59. The highest BCUT2D eigenvalue weighted by Crippen LogP contribution is 2.27. The Hall–Kier alpha value is -1.82. The first kappa shape index (κ1) is 8.76. The highest BCUT2D eigenvalue weighted by molar-refractivity contribution is 7.03. The van der Waals surface area contributed by atoms with Crippen LogP contribution in [0.2, 0.25) is 0 Å². The summed E-state index contributed by atoms with van der Waals surface area (Å²) in [6.45, 7) is 0. The molecule has 0 amide bonds. The third-order valence-electron chi connectivity index (χ3n) is 1.74. The van der Waals surface area contributed by atoms with E-state index in [0.29, 0.717) is 11.3 Å². The maximum Gasteiger partial charge on any atom is 0.278 e. The summed E-state index contributed by atoms with van der Waals surface area (Å²) in [6.07, 6.45) is 0. The van der Waals surface area contributed by atoms with Gasteiger partial charge in [-0.2, -0.15) is 0 Å². The van der Waals surface area contributed by atoms with Crippen LogP contribution in [0.5, 0.6) is 0 Å². The molecule has 0 bridgehead atoms. The summed E-state index contributed by atoms with van der Waals surface area (Å²) in [6, 6.07) is 6.48. The van der Waals surface area contributed by atoms with E-state index in [4.69, 9.17) is 0 Å². The van der Waals surface area contributed by atoms with Crippen LogP contribution >= 0.6 is 11.5 Å². The van der Waals surface area contributed by atoms with Crippen molar-refractivity contribution in [3.05, 3.63) is 39.8 Å². The maximum atomic E-state index is 10.7. The van der Waals surface area contributed by atoms with Crippen molar-refractivity contribution in [1.82, 2.24) is 9.59 Å². The third-order valence-corrected chi connectivity index (χ3v) is 2.24. The summed E-state index contributed by atoms with van der Waals surface area (Å²) >= 11 is 1.17. The molecule has 70 valence electrons. The van der Waals surface area contributed by atoms with Crippen molar-refractivity contribution in [2.45, 2.75) is 0 Å². The SMILES string of the molecule is O=[N+]([O-])c1ccccc1-c1csnn1. The van der Waals surface area contributed by atoms with Crippen molar-refractivity contribution < 1.29 is 4.92 Å². The summed E-state index contributed by atoms with van der Waals surface area (Å²) in [5, 5.41) is 16.2. The zero-order valence-corrected chi connectivity index (χ0v) is 7.77. The van der Waals surface area contributed by atoms with Gasteiger partial charge in [0, 0.05) is 11.4 Å². The Morgan fingerprint density at radius 3 is 2.79 bits per heavy atom. The van der Waals surface area contributed by atoms with Crippen LogP contribution in [-0.2, 0) is 0 Å². The van der Waals surface area contributed by atoms with E-state index < -0.39 is 4.92 Å². The minimum absolute atomic E-state index is 0.0557. The van der Waals surface area contributed by atoms with Gasteiger partial charge in [0.05, 0.1) is 10.5 Å². The van der Waals surface area contributed by atoms with Gasteiger partial charge < -0.3 is 0 Å². The maximum absolute atomic E-state index is 10.7. The molecule has 2 aromatic rings. The molecular formula is C8H5N3O2S. The number of aromatic nitrogens is 2. The van der Waals surface area contributed by atoms with Crippen molar-refractivity contribution >= 4 is 17.2 Å². The summed E-state index contributed by atoms with van der Waals surface area (Å²) in [7, 11) is 0. The van der Waals surface area contributed by atoms with E-state index in [0.717, 1.165) is 0 Å². The molecule has 0 radical (unpaired) electrons. The zero-order chi connectivity index (χ0) is 9.97. The Morgan fingerprint density at radius 1 is 1.36 bits per heavy atom. The van der Waals surface area contributed by atoms with Crippen molar-refractivity contribution in [2.75, 3.05) is 0 Å². The Morgan fingerprint density at radius 2 is 2.14 bits per heavy atom. The lowest BCUT2D eigenvalue weighted by Crippen LogP contribution is -1.91. The van der Waals surface area contributed by atoms with Gasteiger partial charge in [0.15, 0.2) is 0 Å². The molecule has 1 aromatic carbocycles. The van der Waals surface area contributed by atoms with Crippen LogP contribution in [0.25, 0.3) is 11.3 Å². The van der Waals surface area contributed by atoms with Crippen LogP contribution in [0, 0.1) is 10.1 Å². The van der Waals surface area contributed by atoms with E-state index in [1.165, 1.54) is 17.6 Å². The highest BCUT2D eigenvalue weighted by Gasteiger charge is 2.15. The number of hydrogen-bond donors (Lipinski definition) is 0. The zero-order valence-electron chi connectivity index (χ0n) is 6.95. The second kappa shape index (κ2) is 3.51. The second-order valence-electron chi connectivity index (χ2n) is 2.56. The van der Waals surface area contributed by atoms with Crippen LogP contribution < -0.4 is 0 Å². The molecule has 0 saturated heterocycles. The quantitative estimate of drug-likeness (QED) is 0.558. The molecule has 0 spiro atoms. The van der Waals surface area contributed by atoms with E-state index in [1.54, 1.807) is 23.6 Å². The second-order valence-corrected chi connectivity index (χ2v) is 3.17. The number of nitrogens with zero attached hydrogens (tertiary/aromatic N) is 3. The molecule has 6 heteroatoms. The average molecular weight is 207 g/mol. The number of benzene rings is 1. The Bertz CT molecular complexity index is 455. The van der Waals surface area contributed by atoms with Crippen molar-refractivity contribution in [1.29, 1.82) is 0 Å². The van der Waals surface area contributed by atoms with Crippen LogP contribution in [0.4, 0.5) is 5.69 Å². The predicted octanol–water partition coefficient (Wildman–Crippen LogP) is 2.11. The summed E-state index contributed by atoms with van der Waals surface area (Å²) in [5.74, 6) is 0. The third kappa shape index (κ3) is 1.47. The largest absolute Gasteiger partial charge is 0.278 e. The molecule has 14 heavy (non-hydrogen) atoms. The fourth-order valence-electron chi connectivity index (χ4n) is 1.13. The predicted molar refractivity (Wildman–Crippen MR) is 52.0 cm³/mol. The molecule has 1 heterocycles. The van der Waals surface area contributed by atoms with Crippen LogP contribution in [0.3, 0.4) is 0 Å². The number of nitro groups is 1. The number of para-hydroxylation sites is 1. The fraction of sp³-hybridized carbons (Fsp3) is 0. The molecular weight excluding hydrogens is 202 g/mol. The van der Waals surface area contributed by atoms with E-state index in [-0.39, 0.29) is 5.69 Å². The molecule has 0 aliphatic carbocycles. The first-order chi connectivity index (χ1) is 6.79. The first-order valence-electron chi connectivity index (χ1n) is 3.80. The lowest BCUT2D eigenvalue weighted by atomic mass is 10.1. The topological polar surface area (TPSA) is 68.9 Å². The summed E-state index contributed by atoms with van der Waals surface area (Å²) < 4.78 is 3.67. The Labute approximate surface area is 83.3 Å². The number of nitro benzene ring substituents is 1.